The van der Waals surface area contributed by atoms with Gasteiger partial charge in [-0.15, -0.1) is 0 Å². The number of nitrogens with one attached hydrogen (secondary N) is 2. The highest BCUT2D eigenvalue weighted by molar-refractivity contribution is 5.94. The van der Waals surface area contributed by atoms with Gasteiger partial charge < -0.3 is 20.1 Å². The topological polar surface area (TPSA) is 76.7 Å². The molecule has 0 aliphatic rings. The molecule has 0 heterocycles. The van der Waals surface area contributed by atoms with Gasteiger partial charge >= 0.3 is 0 Å². The Bertz CT molecular complexity index is 732. The minimum absolute atomic E-state index is 0.0798. The van der Waals surface area contributed by atoms with Crippen LogP contribution in [0.1, 0.15) is 28.8 Å². The molecule has 2 aromatic rings. The highest BCUT2D eigenvalue weighted by Gasteiger charge is 2.10. The monoisotopic (exact) mass is 356 g/mol. The molecule has 6 nitrogen and oxygen atoms in total. The molecule has 2 aromatic carbocycles. The smallest absolute Gasteiger partial charge is 0.251 e. The highest BCUT2D eigenvalue weighted by atomic mass is 16.5. The predicted octanol–water partition coefficient (Wildman–Crippen LogP) is 2.53. The van der Waals surface area contributed by atoms with Crippen molar-refractivity contribution in [3.8, 4) is 11.5 Å². The third kappa shape index (κ3) is 5.51. The molecular formula is C20H24N2O4. The van der Waals surface area contributed by atoms with Crippen LogP contribution in [0.25, 0.3) is 0 Å². The van der Waals surface area contributed by atoms with Crippen molar-refractivity contribution in [1.29, 1.82) is 0 Å². The molecule has 0 aromatic heterocycles. The van der Waals surface area contributed by atoms with Gasteiger partial charge in [0.2, 0.25) is 5.91 Å². The Balaban J connectivity index is 1.72. The molecule has 0 saturated carbocycles. The van der Waals surface area contributed by atoms with E-state index in [0.717, 1.165) is 5.56 Å². The van der Waals surface area contributed by atoms with E-state index < -0.39 is 0 Å². The first-order valence-electron chi connectivity index (χ1n) is 8.45. The van der Waals surface area contributed by atoms with Gasteiger partial charge in [0, 0.05) is 30.6 Å². The van der Waals surface area contributed by atoms with Crippen molar-refractivity contribution < 1.29 is 19.1 Å². The van der Waals surface area contributed by atoms with Gasteiger partial charge in [-0.2, -0.15) is 0 Å². The maximum absolute atomic E-state index is 12.0. The predicted molar refractivity (Wildman–Crippen MR) is 99.4 cm³/mol. The van der Waals surface area contributed by atoms with Crippen molar-refractivity contribution in [1.82, 2.24) is 10.6 Å². The summed E-state index contributed by atoms with van der Waals surface area (Å²) in [7, 11) is 3.14. The quantitative estimate of drug-likeness (QED) is 0.677. The normalized spacial score (nSPS) is 10.1. The summed E-state index contributed by atoms with van der Waals surface area (Å²) in [4.78, 5) is 23.9. The van der Waals surface area contributed by atoms with Crippen molar-refractivity contribution in [3.63, 3.8) is 0 Å². The maximum Gasteiger partial charge on any atom is 0.251 e. The zero-order chi connectivity index (χ0) is 18.8. The zero-order valence-electron chi connectivity index (χ0n) is 15.1. The number of carbonyl (C=O) groups is 2. The number of hydrogen-bond acceptors (Lipinski definition) is 4. The molecule has 2 amide bonds. The van der Waals surface area contributed by atoms with E-state index in [2.05, 4.69) is 10.6 Å². The van der Waals surface area contributed by atoms with E-state index in [1.165, 1.54) is 0 Å². The minimum atomic E-state index is -0.132. The van der Waals surface area contributed by atoms with Crippen LogP contribution in [-0.2, 0) is 11.3 Å². The number of hydrogen-bond donors (Lipinski definition) is 2. The van der Waals surface area contributed by atoms with Gasteiger partial charge in [-0.1, -0.05) is 30.3 Å². The Hall–Kier alpha value is -3.02. The molecule has 0 fully saturated rings. The summed E-state index contributed by atoms with van der Waals surface area (Å²) in [6.07, 6.45) is 0.904. The van der Waals surface area contributed by atoms with Crippen LogP contribution in [-0.4, -0.2) is 32.6 Å². The van der Waals surface area contributed by atoms with Gasteiger partial charge in [0.25, 0.3) is 5.91 Å². The fourth-order valence-corrected chi connectivity index (χ4v) is 2.52. The van der Waals surface area contributed by atoms with E-state index in [1.807, 2.05) is 30.3 Å². The Kier molecular flexibility index (Phi) is 7.49. The second-order valence-electron chi connectivity index (χ2n) is 5.65. The van der Waals surface area contributed by atoms with Crippen LogP contribution in [0, 0.1) is 0 Å². The van der Waals surface area contributed by atoms with Crippen LogP contribution in [0.2, 0.25) is 0 Å². The van der Waals surface area contributed by atoms with Crippen LogP contribution in [0.15, 0.2) is 48.5 Å². The highest BCUT2D eigenvalue weighted by Crippen LogP contribution is 2.30. The van der Waals surface area contributed by atoms with Crippen molar-refractivity contribution in [2.24, 2.45) is 0 Å². The molecule has 26 heavy (non-hydrogen) atoms. The number of rotatable bonds is 9. The summed E-state index contributed by atoms with van der Waals surface area (Å²) in [5, 5.41) is 5.66. The summed E-state index contributed by atoms with van der Waals surface area (Å²) in [5.41, 5.74) is 1.46. The number of benzene rings is 2. The molecule has 2 rings (SSSR count). The first kappa shape index (κ1) is 19.3. The number of ether oxygens (including phenoxy) is 2. The Morgan fingerprint density at radius 2 is 1.69 bits per heavy atom. The zero-order valence-corrected chi connectivity index (χ0v) is 15.1. The lowest BCUT2D eigenvalue weighted by atomic mass is 10.1. The molecular weight excluding hydrogens is 332 g/mol. The Morgan fingerprint density at radius 1 is 0.923 bits per heavy atom. The molecule has 138 valence electrons. The second-order valence-corrected chi connectivity index (χ2v) is 5.65. The maximum atomic E-state index is 12.0. The summed E-state index contributed by atoms with van der Waals surface area (Å²) in [6.45, 7) is 0.805. The van der Waals surface area contributed by atoms with Gasteiger partial charge in [-0.3, -0.25) is 9.59 Å². The molecule has 0 unspecified atom stereocenters. The van der Waals surface area contributed by atoms with E-state index in [-0.39, 0.29) is 11.8 Å². The first-order chi connectivity index (χ1) is 12.7. The molecule has 0 aliphatic heterocycles. The molecule has 0 aliphatic carbocycles. The molecule has 0 bridgehead atoms. The second kappa shape index (κ2) is 10.1. The van der Waals surface area contributed by atoms with E-state index in [4.69, 9.17) is 9.47 Å². The van der Waals surface area contributed by atoms with Crippen LogP contribution in [0.3, 0.4) is 0 Å². The van der Waals surface area contributed by atoms with E-state index in [0.29, 0.717) is 43.0 Å². The van der Waals surface area contributed by atoms with Crippen molar-refractivity contribution in [2.75, 3.05) is 20.8 Å². The fraction of sp³-hybridized carbons (Fsp3) is 0.300. The summed E-state index contributed by atoms with van der Waals surface area (Å²) < 4.78 is 10.6. The van der Waals surface area contributed by atoms with Gasteiger partial charge in [-0.25, -0.2) is 0 Å². The fourth-order valence-electron chi connectivity index (χ4n) is 2.52. The summed E-state index contributed by atoms with van der Waals surface area (Å²) in [5.74, 6) is 1.03. The Morgan fingerprint density at radius 3 is 2.38 bits per heavy atom. The molecule has 0 spiro atoms. The number of methoxy groups -OCH3 is 2. The van der Waals surface area contributed by atoms with Crippen LogP contribution in [0.4, 0.5) is 0 Å². The minimum Gasteiger partial charge on any atom is -0.493 e. The third-order valence-corrected chi connectivity index (χ3v) is 3.86. The summed E-state index contributed by atoms with van der Waals surface area (Å²) in [6, 6.07) is 14.5. The van der Waals surface area contributed by atoms with E-state index in [9.17, 15) is 9.59 Å². The van der Waals surface area contributed by atoms with Crippen molar-refractivity contribution >= 4 is 11.8 Å². The molecule has 0 saturated heterocycles. The van der Waals surface area contributed by atoms with E-state index in [1.54, 1.807) is 32.4 Å². The number of amides is 2. The lowest BCUT2D eigenvalue weighted by molar-refractivity contribution is -0.121. The Labute approximate surface area is 153 Å². The molecule has 0 radical (unpaired) electrons. The van der Waals surface area contributed by atoms with Crippen LogP contribution in [0.5, 0.6) is 11.5 Å². The van der Waals surface area contributed by atoms with Crippen LogP contribution < -0.4 is 20.1 Å². The SMILES string of the molecule is COc1cccc(CNC(=O)CCCNC(=O)c2ccccc2)c1OC. The average molecular weight is 356 g/mol. The third-order valence-electron chi connectivity index (χ3n) is 3.86. The first-order valence-corrected chi connectivity index (χ1v) is 8.45. The standard InChI is InChI=1S/C20H24N2O4/c1-25-17-11-6-10-16(19(17)26-2)14-22-18(23)12-7-13-21-20(24)15-8-4-3-5-9-15/h3-6,8-11H,7,12-14H2,1-2H3,(H,21,24)(H,22,23). The van der Waals surface area contributed by atoms with E-state index >= 15 is 0 Å². The van der Waals surface area contributed by atoms with Crippen molar-refractivity contribution in [2.45, 2.75) is 19.4 Å². The van der Waals surface area contributed by atoms with Gasteiger partial charge in [0.15, 0.2) is 11.5 Å². The molecule has 2 N–H and O–H groups in total. The lowest BCUT2D eigenvalue weighted by Gasteiger charge is -2.13. The summed E-state index contributed by atoms with van der Waals surface area (Å²) >= 11 is 0. The lowest BCUT2D eigenvalue weighted by Crippen LogP contribution is -2.27. The largest absolute Gasteiger partial charge is 0.493 e. The average Bonchev–Trinajstić information content (AvgIpc) is 2.69. The van der Waals surface area contributed by atoms with Crippen molar-refractivity contribution in [3.05, 3.63) is 59.7 Å². The molecule has 6 heteroatoms. The number of para-hydroxylation sites is 1. The van der Waals surface area contributed by atoms with Crippen LogP contribution >= 0.6 is 0 Å². The van der Waals surface area contributed by atoms with Gasteiger partial charge in [-0.05, 0) is 24.6 Å². The molecule has 0 atom stereocenters. The van der Waals surface area contributed by atoms with Gasteiger partial charge in [0.1, 0.15) is 0 Å². The van der Waals surface area contributed by atoms with Gasteiger partial charge in [0.05, 0.1) is 14.2 Å². The number of carbonyl (C=O) groups excluding carboxylic acids is 2.